The molecule has 2 unspecified atom stereocenters. The molecule has 18 heavy (non-hydrogen) atoms. The number of nitrogen functional groups attached to an aromatic ring is 1. The van der Waals surface area contributed by atoms with Crippen molar-refractivity contribution in [1.82, 2.24) is 9.88 Å². The van der Waals surface area contributed by atoms with Crippen LogP contribution in [0, 0.1) is 0 Å². The highest BCUT2D eigenvalue weighted by Gasteiger charge is 2.34. The Morgan fingerprint density at radius 3 is 3.00 bits per heavy atom. The van der Waals surface area contributed by atoms with Gasteiger partial charge in [0, 0.05) is 43.1 Å². The topological polar surface area (TPSA) is 57.4 Å². The molecule has 98 valence electrons. The van der Waals surface area contributed by atoms with Gasteiger partial charge in [-0.1, -0.05) is 0 Å². The summed E-state index contributed by atoms with van der Waals surface area (Å²) in [5, 5.41) is 0. The fourth-order valence-corrected chi connectivity index (χ4v) is 3.24. The van der Waals surface area contributed by atoms with Crippen molar-refractivity contribution in [3.05, 3.63) is 18.3 Å². The summed E-state index contributed by atoms with van der Waals surface area (Å²) in [5.41, 5.74) is 3.84. The van der Waals surface area contributed by atoms with Crippen molar-refractivity contribution >= 4 is 11.5 Å². The van der Waals surface area contributed by atoms with Gasteiger partial charge in [0.2, 0.25) is 0 Å². The molecule has 1 aromatic rings. The van der Waals surface area contributed by atoms with Crippen LogP contribution in [0.15, 0.2) is 18.3 Å². The number of hydrazine groups is 1. The molecule has 2 fully saturated rings. The first kappa shape index (κ1) is 11.7. The molecule has 5 heteroatoms. The van der Waals surface area contributed by atoms with Crippen molar-refractivity contribution < 1.29 is 0 Å². The molecule has 0 radical (unpaired) electrons. The van der Waals surface area contributed by atoms with E-state index in [9.17, 15) is 0 Å². The van der Waals surface area contributed by atoms with Crippen molar-refractivity contribution in [2.24, 2.45) is 5.84 Å². The smallest absolute Gasteiger partial charge is 0.141 e. The molecule has 2 aliphatic rings. The maximum Gasteiger partial charge on any atom is 0.141 e. The number of nitrogens with zero attached hydrogens (tertiary/aromatic N) is 3. The quantitative estimate of drug-likeness (QED) is 0.604. The summed E-state index contributed by atoms with van der Waals surface area (Å²) in [6.07, 6.45) is 5.75. The lowest BCUT2D eigenvalue weighted by Crippen LogP contribution is -2.36. The molecule has 0 aliphatic carbocycles. The SMILES string of the molecule is CN1C2CCC1CN(c1ccnc(NN)c1)CC2. The zero-order valence-corrected chi connectivity index (χ0v) is 10.8. The van der Waals surface area contributed by atoms with Crippen LogP contribution in [0.2, 0.25) is 0 Å². The van der Waals surface area contributed by atoms with E-state index in [1.54, 1.807) is 0 Å². The van der Waals surface area contributed by atoms with E-state index >= 15 is 0 Å². The van der Waals surface area contributed by atoms with Crippen molar-refractivity contribution in [1.29, 1.82) is 0 Å². The summed E-state index contributed by atoms with van der Waals surface area (Å²) < 4.78 is 0. The Bertz CT molecular complexity index is 422. The zero-order valence-electron chi connectivity index (χ0n) is 10.8. The average molecular weight is 247 g/mol. The highest BCUT2D eigenvalue weighted by Crippen LogP contribution is 2.30. The van der Waals surface area contributed by atoms with Crippen molar-refractivity contribution in [3.63, 3.8) is 0 Å². The molecule has 1 aromatic heterocycles. The monoisotopic (exact) mass is 247 g/mol. The third-order valence-corrected chi connectivity index (χ3v) is 4.40. The second kappa shape index (κ2) is 4.74. The van der Waals surface area contributed by atoms with Gasteiger partial charge in [0.05, 0.1) is 0 Å². The first-order chi connectivity index (χ1) is 8.78. The molecule has 0 saturated carbocycles. The van der Waals surface area contributed by atoms with Gasteiger partial charge in [-0.15, -0.1) is 0 Å². The molecule has 0 amide bonds. The summed E-state index contributed by atoms with van der Waals surface area (Å²) in [6.45, 7) is 2.24. The van der Waals surface area contributed by atoms with E-state index in [-0.39, 0.29) is 0 Å². The Balaban J connectivity index is 1.80. The predicted octanol–water partition coefficient (Wildman–Crippen LogP) is 1.04. The van der Waals surface area contributed by atoms with Gasteiger partial charge in [0.1, 0.15) is 5.82 Å². The van der Waals surface area contributed by atoms with Crippen LogP contribution >= 0.6 is 0 Å². The fourth-order valence-electron chi connectivity index (χ4n) is 3.24. The Labute approximate surface area is 108 Å². The third-order valence-electron chi connectivity index (χ3n) is 4.40. The second-order valence-corrected chi connectivity index (χ2v) is 5.33. The molecular weight excluding hydrogens is 226 g/mol. The lowest BCUT2D eigenvalue weighted by Gasteiger charge is -2.27. The normalized spacial score (nSPS) is 28.2. The van der Waals surface area contributed by atoms with Gasteiger partial charge < -0.3 is 10.3 Å². The summed E-state index contributed by atoms with van der Waals surface area (Å²) in [7, 11) is 2.27. The minimum Gasteiger partial charge on any atom is -0.370 e. The lowest BCUT2D eigenvalue weighted by atomic mass is 10.1. The number of hydrogen-bond acceptors (Lipinski definition) is 5. The summed E-state index contributed by atoms with van der Waals surface area (Å²) in [6, 6.07) is 5.56. The van der Waals surface area contributed by atoms with Gasteiger partial charge in [0.15, 0.2) is 0 Å². The predicted molar refractivity (Wildman–Crippen MR) is 73.5 cm³/mol. The van der Waals surface area contributed by atoms with Crippen LogP contribution in [0.1, 0.15) is 19.3 Å². The van der Waals surface area contributed by atoms with Crippen molar-refractivity contribution in [3.8, 4) is 0 Å². The molecule has 2 bridgehead atoms. The van der Waals surface area contributed by atoms with Crippen molar-refractivity contribution in [2.45, 2.75) is 31.3 Å². The highest BCUT2D eigenvalue weighted by molar-refractivity contribution is 5.53. The van der Waals surface area contributed by atoms with Crippen molar-refractivity contribution in [2.75, 3.05) is 30.5 Å². The standard InChI is InChI=1S/C13H21N5/c1-17-10-2-3-12(17)9-18(7-5-10)11-4-6-15-13(8-11)16-14/h4,6,8,10,12H,2-3,5,7,9,14H2,1H3,(H,15,16). The Morgan fingerprint density at radius 1 is 1.33 bits per heavy atom. The van der Waals surface area contributed by atoms with E-state index < -0.39 is 0 Å². The summed E-state index contributed by atoms with van der Waals surface area (Å²) in [4.78, 5) is 9.19. The Morgan fingerprint density at radius 2 is 2.17 bits per heavy atom. The molecule has 2 saturated heterocycles. The lowest BCUT2D eigenvalue weighted by molar-refractivity contribution is 0.254. The van der Waals surface area contributed by atoms with Crippen LogP contribution in [0.5, 0.6) is 0 Å². The Hall–Kier alpha value is -1.33. The largest absolute Gasteiger partial charge is 0.370 e. The first-order valence-electron chi connectivity index (χ1n) is 6.67. The van der Waals surface area contributed by atoms with E-state index in [4.69, 9.17) is 5.84 Å². The molecule has 0 aromatic carbocycles. The summed E-state index contributed by atoms with van der Waals surface area (Å²) >= 11 is 0. The van der Waals surface area contributed by atoms with Crippen LogP contribution in [-0.2, 0) is 0 Å². The maximum atomic E-state index is 5.42. The Kier molecular flexibility index (Phi) is 3.09. The molecular formula is C13H21N5. The number of nitrogens with two attached hydrogens (primary N) is 1. The highest BCUT2D eigenvalue weighted by atomic mass is 15.3. The zero-order chi connectivity index (χ0) is 12.5. The van der Waals surface area contributed by atoms with Gasteiger partial charge in [0.25, 0.3) is 0 Å². The van der Waals surface area contributed by atoms with E-state index in [2.05, 4.69) is 33.3 Å². The number of hydrogen-bond donors (Lipinski definition) is 2. The van der Waals surface area contributed by atoms with Crippen LogP contribution < -0.4 is 16.2 Å². The van der Waals surface area contributed by atoms with Gasteiger partial charge in [-0.3, -0.25) is 4.90 Å². The van der Waals surface area contributed by atoms with E-state index in [1.165, 1.54) is 24.9 Å². The number of rotatable bonds is 2. The number of anilines is 2. The van der Waals surface area contributed by atoms with Crippen LogP contribution in [0.4, 0.5) is 11.5 Å². The maximum absolute atomic E-state index is 5.42. The second-order valence-electron chi connectivity index (χ2n) is 5.33. The fraction of sp³-hybridized carbons (Fsp3) is 0.615. The van der Waals surface area contributed by atoms with Gasteiger partial charge in [-0.05, 0) is 32.4 Å². The van der Waals surface area contributed by atoms with Gasteiger partial charge >= 0.3 is 0 Å². The number of pyridine rings is 1. The summed E-state index contributed by atoms with van der Waals surface area (Å²) in [5.74, 6) is 6.15. The van der Waals surface area contributed by atoms with E-state index in [0.717, 1.165) is 24.9 Å². The molecule has 2 atom stereocenters. The molecule has 3 rings (SSSR count). The molecule has 3 N–H and O–H groups in total. The number of likely N-dealkylation sites (N-methyl/N-ethyl adjacent to an activating group) is 1. The minimum atomic E-state index is 0.694. The molecule has 2 aliphatic heterocycles. The number of fused-ring (bicyclic) bond motifs is 2. The van der Waals surface area contributed by atoms with Crippen LogP contribution in [0.25, 0.3) is 0 Å². The van der Waals surface area contributed by atoms with E-state index in [1.807, 2.05) is 12.3 Å². The van der Waals surface area contributed by atoms with Crippen LogP contribution in [-0.4, -0.2) is 42.1 Å². The van der Waals surface area contributed by atoms with Crippen LogP contribution in [0.3, 0.4) is 0 Å². The van der Waals surface area contributed by atoms with E-state index in [0.29, 0.717) is 6.04 Å². The van der Waals surface area contributed by atoms with Gasteiger partial charge in [-0.2, -0.15) is 0 Å². The number of nitrogens with one attached hydrogen (secondary N) is 1. The number of aromatic nitrogens is 1. The molecule has 3 heterocycles. The minimum absolute atomic E-state index is 0.694. The first-order valence-corrected chi connectivity index (χ1v) is 6.67. The third kappa shape index (κ3) is 2.04. The average Bonchev–Trinajstić information content (AvgIpc) is 2.63. The molecule has 0 spiro atoms. The molecule has 5 nitrogen and oxygen atoms in total. The van der Waals surface area contributed by atoms with Gasteiger partial charge in [-0.25, -0.2) is 10.8 Å².